The molecule has 2 aromatic carbocycles. The van der Waals surface area contributed by atoms with Gasteiger partial charge in [0.05, 0.1) is 29.2 Å². The van der Waals surface area contributed by atoms with Crippen molar-refractivity contribution in [3.8, 4) is 23.2 Å². The number of amides is 1. The van der Waals surface area contributed by atoms with Gasteiger partial charge in [0.1, 0.15) is 11.8 Å². The van der Waals surface area contributed by atoms with Gasteiger partial charge in [0.15, 0.2) is 5.82 Å². The van der Waals surface area contributed by atoms with Crippen LogP contribution in [-0.4, -0.2) is 33.4 Å². The molecule has 0 fully saturated rings. The van der Waals surface area contributed by atoms with Gasteiger partial charge in [-0.15, -0.1) is 5.10 Å². The molecule has 0 spiro atoms. The first-order chi connectivity index (χ1) is 13.5. The van der Waals surface area contributed by atoms with Gasteiger partial charge in [-0.25, -0.2) is 4.98 Å². The van der Waals surface area contributed by atoms with E-state index >= 15 is 0 Å². The van der Waals surface area contributed by atoms with E-state index in [1.165, 1.54) is 11.8 Å². The molecular weight excluding hydrogens is 398 g/mol. The second-order valence-electron chi connectivity index (χ2n) is 5.72. The standard InChI is InChI=1S/C19H16ClN5O2S/c1-11(18(26)22-15-6-4-3-5-12(15)10-21)28-19-23-17(24-25-19)14-9-13(20)7-8-16(14)27-2/h3-9,11H,1-2H3,(H,22,26)(H,23,24,25)/t11-/m1/s1. The number of para-hydroxylation sites is 1. The minimum absolute atomic E-state index is 0.251. The third-order valence-corrected chi connectivity index (χ3v) is 5.03. The van der Waals surface area contributed by atoms with E-state index in [4.69, 9.17) is 21.6 Å². The van der Waals surface area contributed by atoms with Crippen LogP contribution in [0, 0.1) is 11.3 Å². The molecule has 142 valence electrons. The average Bonchev–Trinajstić information content (AvgIpc) is 3.16. The van der Waals surface area contributed by atoms with Gasteiger partial charge in [-0.1, -0.05) is 35.5 Å². The lowest BCUT2D eigenvalue weighted by Gasteiger charge is -2.11. The largest absolute Gasteiger partial charge is 0.496 e. The second-order valence-corrected chi connectivity index (χ2v) is 7.46. The number of nitriles is 1. The van der Waals surface area contributed by atoms with Crippen LogP contribution in [0.1, 0.15) is 12.5 Å². The highest BCUT2D eigenvalue weighted by atomic mass is 35.5. The Bertz CT molecular complexity index is 1050. The number of halogens is 1. The first kappa shape index (κ1) is 19.7. The smallest absolute Gasteiger partial charge is 0.237 e. The Hall–Kier alpha value is -3.02. The summed E-state index contributed by atoms with van der Waals surface area (Å²) in [7, 11) is 1.56. The van der Waals surface area contributed by atoms with Crippen LogP contribution < -0.4 is 10.1 Å². The molecule has 0 aliphatic heterocycles. The van der Waals surface area contributed by atoms with Gasteiger partial charge >= 0.3 is 0 Å². The molecule has 1 atom stereocenters. The summed E-state index contributed by atoms with van der Waals surface area (Å²) in [5.41, 5.74) is 1.55. The number of aromatic amines is 1. The normalized spacial score (nSPS) is 11.5. The molecule has 1 amide bonds. The Kier molecular flexibility index (Phi) is 6.19. The Morgan fingerprint density at radius 3 is 2.89 bits per heavy atom. The number of rotatable bonds is 6. The lowest BCUT2D eigenvalue weighted by Crippen LogP contribution is -2.23. The Labute approximate surface area is 171 Å². The number of hydrogen-bond acceptors (Lipinski definition) is 6. The van der Waals surface area contributed by atoms with Gasteiger partial charge in [0.2, 0.25) is 11.1 Å². The fourth-order valence-corrected chi connectivity index (χ4v) is 3.32. The molecule has 0 saturated heterocycles. The van der Waals surface area contributed by atoms with Gasteiger partial charge in [0.25, 0.3) is 0 Å². The highest BCUT2D eigenvalue weighted by Gasteiger charge is 2.19. The molecule has 0 unspecified atom stereocenters. The third kappa shape index (κ3) is 4.44. The number of anilines is 1. The van der Waals surface area contributed by atoms with E-state index in [0.29, 0.717) is 38.6 Å². The number of carbonyl (C=O) groups excluding carboxylic acids is 1. The zero-order valence-corrected chi connectivity index (χ0v) is 16.6. The topological polar surface area (TPSA) is 104 Å². The highest BCUT2D eigenvalue weighted by molar-refractivity contribution is 8.00. The zero-order chi connectivity index (χ0) is 20.1. The second kappa shape index (κ2) is 8.78. The molecule has 0 saturated carbocycles. The van der Waals surface area contributed by atoms with E-state index in [9.17, 15) is 4.79 Å². The quantitative estimate of drug-likeness (QED) is 0.589. The molecule has 0 aliphatic carbocycles. The van der Waals surface area contributed by atoms with E-state index < -0.39 is 5.25 Å². The van der Waals surface area contributed by atoms with E-state index in [2.05, 4.69) is 26.6 Å². The fourth-order valence-electron chi connectivity index (χ4n) is 2.42. The number of hydrogen-bond donors (Lipinski definition) is 2. The number of nitrogens with one attached hydrogen (secondary N) is 2. The highest BCUT2D eigenvalue weighted by Crippen LogP contribution is 2.31. The summed E-state index contributed by atoms with van der Waals surface area (Å²) in [6, 6.07) is 14.1. The summed E-state index contributed by atoms with van der Waals surface area (Å²) in [6.45, 7) is 1.74. The molecule has 7 nitrogen and oxygen atoms in total. The monoisotopic (exact) mass is 413 g/mol. The van der Waals surface area contributed by atoms with E-state index in [0.717, 1.165) is 0 Å². The first-order valence-electron chi connectivity index (χ1n) is 8.24. The number of aromatic nitrogens is 3. The van der Waals surface area contributed by atoms with Crippen molar-refractivity contribution in [1.82, 2.24) is 15.2 Å². The van der Waals surface area contributed by atoms with Crippen LogP contribution in [0.4, 0.5) is 5.69 Å². The molecule has 9 heteroatoms. The molecule has 1 heterocycles. The number of thioether (sulfide) groups is 1. The van der Waals surface area contributed by atoms with Crippen molar-refractivity contribution < 1.29 is 9.53 Å². The number of methoxy groups -OCH3 is 1. The number of carbonyl (C=O) groups is 1. The number of nitrogens with zero attached hydrogens (tertiary/aromatic N) is 3. The lowest BCUT2D eigenvalue weighted by molar-refractivity contribution is -0.115. The maximum Gasteiger partial charge on any atom is 0.237 e. The van der Waals surface area contributed by atoms with E-state index in [1.54, 1.807) is 56.5 Å². The van der Waals surface area contributed by atoms with Crippen LogP contribution in [0.3, 0.4) is 0 Å². The molecule has 3 aromatic rings. The summed E-state index contributed by atoms with van der Waals surface area (Å²) >= 11 is 7.25. The van der Waals surface area contributed by atoms with Gasteiger partial charge in [-0.3, -0.25) is 9.89 Å². The summed E-state index contributed by atoms with van der Waals surface area (Å²) in [4.78, 5) is 16.9. The van der Waals surface area contributed by atoms with Crippen molar-refractivity contribution in [1.29, 1.82) is 5.26 Å². The molecular formula is C19H16ClN5O2S. The molecule has 1 aromatic heterocycles. The van der Waals surface area contributed by atoms with Crippen molar-refractivity contribution in [3.63, 3.8) is 0 Å². The van der Waals surface area contributed by atoms with Crippen LogP contribution in [0.15, 0.2) is 47.6 Å². The van der Waals surface area contributed by atoms with Gasteiger partial charge in [0, 0.05) is 5.02 Å². The predicted molar refractivity (Wildman–Crippen MR) is 108 cm³/mol. The summed E-state index contributed by atoms with van der Waals surface area (Å²) in [5.74, 6) is 0.847. The lowest BCUT2D eigenvalue weighted by atomic mass is 10.2. The molecule has 3 rings (SSSR count). The van der Waals surface area contributed by atoms with Gasteiger partial charge in [-0.2, -0.15) is 5.26 Å². The first-order valence-corrected chi connectivity index (χ1v) is 9.50. The summed E-state index contributed by atoms with van der Waals surface area (Å²) in [6.07, 6.45) is 0. The zero-order valence-electron chi connectivity index (χ0n) is 15.1. The van der Waals surface area contributed by atoms with Crippen molar-refractivity contribution in [3.05, 3.63) is 53.1 Å². The molecule has 0 radical (unpaired) electrons. The SMILES string of the molecule is COc1ccc(Cl)cc1-c1nc(S[C@H](C)C(=O)Nc2ccccc2C#N)n[nH]1. The number of ether oxygens (including phenoxy) is 1. The Morgan fingerprint density at radius 2 is 2.14 bits per heavy atom. The number of H-pyrrole nitrogens is 1. The summed E-state index contributed by atoms with van der Waals surface area (Å²) < 4.78 is 5.33. The molecule has 0 aliphatic rings. The van der Waals surface area contributed by atoms with Crippen LogP contribution in [0.5, 0.6) is 5.75 Å². The maximum atomic E-state index is 12.5. The Morgan fingerprint density at radius 1 is 1.36 bits per heavy atom. The minimum Gasteiger partial charge on any atom is -0.496 e. The van der Waals surface area contributed by atoms with Gasteiger partial charge in [-0.05, 0) is 37.3 Å². The van der Waals surface area contributed by atoms with Crippen LogP contribution in [0.2, 0.25) is 5.02 Å². The number of benzene rings is 2. The van der Waals surface area contributed by atoms with Crippen molar-refractivity contribution in [2.75, 3.05) is 12.4 Å². The fraction of sp³-hybridized carbons (Fsp3) is 0.158. The average molecular weight is 414 g/mol. The van der Waals surface area contributed by atoms with Crippen LogP contribution in [0.25, 0.3) is 11.4 Å². The van der Waals surface area contributed by atoms with Gasteiger partial charge < -0.3 is 10.1 Å². The molecule has 28 heavy (non-hydrogen) atoms. The maximum absolute atomic E-state index is 12.5. The van der Waals surface area contributed by atoms with Crippen molar-refractivity contribution in [2.24, 2.45) is 0 Å². The third-order valence-electron chi connectivity index (χ3n) is 3.84. The van der Waals surface area contributed by atoms with Crippen LogP contribution in [-0.2, 0) is 4.79 Å². The molecule has 0 bridgehead atoms. The summed E-state index contributed by atoms with van der Waals surface area (Å²) in [5, 5.41) is 19.4. The predicted octanol–water partition coefficient (Wildman–Crippen LogP) is 4.12. The Balaban J connectivity index is 1.72. The van der Waals surface area contributed by atoms with Crippen molar-refractivity contribution >= 4 is 35.0 Å². The molecule has 2 N–H and O–H groups in total. The van der Waals surface area contributed by atoms with Crippen molar-refractivity contribution in [2.45, 2.75) is 17.3 Å². The van der Waals surface area contributed by atoms with E-state index in [1.807, 2.05) is 0 Å². The minimum atomic E-state index is -0.475. The van der Waals surface area contributed by atoms with E-state index in [-0.39, 0.29) is 5.91 Å². The van der Waals surface area contributed by atoms with Crippen LogP contribution >= 0.6 is 23.4 Å².